The molecule has 0 aromatic rings. The van der Waals surface area contributed by atoms with E-state index < -0.39 is 0 Å². The zero-order valence-electron chi connectivity index (χ0n) is 11.2. The average molecular weight is 247 g/mol. The van der Waals surface area contributed by atoms with Crippen LogP contribution in [0.1, 0.15) is 57.8 Å². The molecule has 0 heterocycles. The summed E-state index contributed by atoms with van der Waals surface area (Å²) in [6, 6.07) is 0. The van der Waals surface area contributed by atoms with Crippen LogP contribution in [-0.4, -0.2) is 11.9 Å². The van der Waals surface area contributed by atoms with Gasteiger partial charge in [-0.15, -0.1) is 0 Å². The molecule has 100 valence electrons. The second-order valence-corrected chi connectivity index (χ2v) is 6.86. The van der Waals surface area contributed by atoms with Gasteiger partial charge in [0.1, 0.15) is 0 Å². The number of allylic oxidation sites excluding steroid dienone is 2. The van der Waals surface area contributed by atoms with Crippen LogP contribution in [0.3, 0.4) is 0 Å². The van der Waals surface area contributed by atoms with Crippen molar-refractivity contribution in [1.29, 1.82) is 0 Å². The second-order valence-electron chi connectivity index (χ2n) is 6.86. The minimum Gasteiger partial charge on any atom is -0.353 e. The van der Waals surface area contributed by atoms with E-state index in [0.29, 0.717) is 0 Å². The van der Waals surface area contributed by atoms with E-state index >= 15 is 0 Å². The molecule has 2 heteroatoms. The van der Waals surface area contributed by atoms with Gasteiger partial charge in [0, 0.05) is 5.54 Å². The third-order valence-electron chi connectivity index (χ3n) is 5.31. The van der Waals surface area contributed by atoms with Crippen molar-refractivity contribution in [2.24, 2.45) is 17.8 Å². The smallest absolute Gasteiger partial charge is 0.207 e. The van der Waals surface area contributed by atoms with Crippen molar-refractivity contribution in [3.63, 3.8) is 0 Å². The molecule has 4 bridgehead atoms. The van der Waals surface area contributed by atoms with Crippen molar-refractivity contribution in [3.8, 4) is 0 Å². The largest absolute Gasteiger partial charge is 0.353 e. The zero-order valence-corrected chi connectivity index (χ0v) is 11.2. The van der Waals surface area contributed by atoms with Crippen molar-refractivity contribution < 1.29 is 4.79 Å². The lowest BCUT2D eigenvalue weighted by Gasteiger charge is -2.56. The monoisotopic (exact) mass is 247 g/mol. The first-order valence-corrected chi connectivity index (χ1v) is 7.66. The molecule has 1 amide bonds. The molecule has 5 aliphatic rings. The summed E-state index contributed by atoms with van der Waals surface area (Å²) < 4.78 is 0. The number of nitrogens with one attached hydrogen (secondary N) is 1. The van der Waals surface area contributed by atoms with Gasteiger partial charge in [-0.05, 0) is 75.5 Å². The van der Waals surface area contributed by atoms with E-state index in [4.69, 9.17) is 0 Å². The third kappa shape index (κ3) is 2.48. The van der Waals surface area contributed by atoms with Gasteiger partial charge in [-0.2, -0.15) is 0 Å². The van der Waals surface area contributed by atoms with Gasteiger partial charge < -0.3 is 5.32 Å². The summed E-state index contributed by atoms with van der Waals surface area (Å²) in [6.45, 7) is 0. The van der Waals surface area contributed by atoms with Gasteiger partial charge in [0.2, 0.25) is 6.41 Å². The Hall–Kier alpha value is -0.790. The van der Waals surface area contributed by atoms with Gasteiger partial charge in [-0.1, -0.05) is 12.2 Å². The van der Waals surface area contributed by atoms with Crippen molar-refractivity contribution in [1.82, 2.24) is 5.32 Å². The summed E-state index contributed by atoms with van der Waals surface area (Å²) in [6.07, 6.45) is 17.5. The SMILES string of the molecule is C1=CCCC1.O=CNC12CC3CC(CC(C3)C1)C2. The standard InChI is InChI=1S/C11H17NO.C5H8/c13-7-12-11-4-8-1-9(5-11)3-10(2-8)6-11;1-2-4-5-3-1/h7-10H,1-6H2,(H,12,13);1-2H,3-5H2. The van der Waals surface area contributed by atoms with Crippen LogP contribution in [0.2, 0.25) is 0 Å². The molecule has 0 saturated heterocycles. The van der Waals surface area contributed by atoms with Crippen LogP contribution in [0.5, 0.6) is 0 Å². The van der Waals surface area contributed by atoms with Crippen LogP contribution in [0, 0.1) is 17.8 Å². The van der Waals surface area contributed by atoms with Gasteiger partial charge in [0.25, 0.3) is 0 Å². The molecule has 0 aromatic carbocycles. The topological polar surface area (TPSA) is 29.1 Å². The normalized spacial score (nSPS) is 43.4. The van der Waals surface area contributed by atoms with E-state index in [-0.39, 0.29) is 5.54 Å². The summed E-state index contributed by atoms with van der Waals surface area (Å²) in [5.74, 6) is 2.79. The van der Waals surface area contributed by atoms with Crippen LogP contribution in [0.15, 0.2) is 12.2 Å². The number of hydrogen-bond donors (Lipinski definition) is 1. The van der Waals surface area contributed by atoms with E-state index in [1.807, 2.05) is 0 Å². The fourth-order valence-electron chi connectivity index (χ4n) is 5.00. The second kappa shape index (κ2) is 5.07. The maximum absolute atomic E-state index is 10.6. The summed E-state index contributed by atoms with van der Waals surface area (Å²) in [4.78, 5) is 10.6. The molecule has 2 nitrogen and oxygen atoms in total. The van der Waals surface area contributed by atoms with Gasteiger partial charge in [0.05, 0.1) is 0 Å². The van der Waals surface area contributed by atoms with E-state index in [2.05, 4.69) is 17.5 Å². The molecule has 0 radical (unpaired) electrons. The van der Waals surface area contributed by atoms with Gasteiger partial charge in [-0.25, -0.2) is 0 Å². The fourth-order valence-corrected chi connectivity index (χ4v) is 5.00. The predicted octanol–water partition coefficient (Wildman–Crippen LogP) is 3.43. The number of rotatable bonds is 2. The molecule has 0 aromatic heterocycles. The molecule has 0 atom stereocenters. The van der Waals surface area contributed by atoms with Crippen LogP contribution < -0.4 is 5.32 Å². The number of amides is 1. The maximum Gasteiger partial charge on any atom is 0.207 e. The highest BCUT2D eigenvalue weighted by Crippen LogP contribution is 2.55. The Balaban J connectivity index is 0.000000169. The van der Waals surface area contributed by atoms with Gasteiger partial charge >= 0.3 is 0 Å². The Bertz CT molecular complexity index is 293. The Kier molecular flexibility index (Phi) is 3.45. The quantitative estimate of drug-likeness (QED) is 0.588. The molecule has 4 fully saturated rings. The fraction of sp³-hybridized carbons (Fsp3) is 0.812. The summed E-state index contributed by atoms with van der Waals surface area (Å²) >= 11 is 0. The minimum absolute atomic E-state index is 0.233. The molecule has 0 aliphatic heterocycles. The molecule has 4 saturated carbocycles. The van der Waals surface area contributed by atoms with Crippen LogP contribution in [-0.2, 0) is 4.79 Å². The predicted molar refractivity (Wildman–Crippen MR) is 73.1 cm³/mol. The zero-order chi connectivity index (χ0) is 12.4. The van der Waals surface area contributed by atoms with Crippen LogP contribution in [0.4, 0.5) is 0 Å². The molecular weight excluding hydrogens is 222 g/mol. The summed E-state index contributed by atoms with van der Waals surface area (Å²) in [5, 5.41) is 3.11. The molecular formula is C16H25NO. The van der Waals surface area contributed by atoms with Crippen molar-refractivity contribution in [2.75, 3.05) is 0 Å². The van der Waals surface area contributed by atoms with Crippen molar-refractivity contribution in [2.45, 2.75) is 63.3 Å². The lowest BCUT2D eigenvalue weighted by Crippen LogP contribution is -2.57. The first kappa shape index (κ1) is 12.3. The number of carbonyl (C=O) groups is 1. The first-order valence-electron chi connectivity index (χ1n) is 7.66. The lowest BCUT2D eigenvalue weighted by atomic mass is 9.53. The molecule has 0 unspecified atom stereocenters. The average Bonchev–Trinajstić information content (AvgIpc) is 2.84. The van der Waals surface area contributed by atoms with E-state index in [1.165, 1.54) is 57.8 Å². The highest BCUT2D eigenvalue weighted by atomic mass is 16.1. The Labute approximate surface area is 110 Å². The highest BCUT2D eigenvalue weighted by Gasteiger charge is 2.50. The molecule has 5 rings (SSSR count). The Morgan fingerprint density at radius 3 is 1.78 bits per heavy atom. The Morgan fingerprint density at radius 1 is 0.944 bits per heavy atom. The first-order chi connectivity index (χ1) is 8.80. The molecule has 18 heavy (non-hydrogen) atoms. The van der Waals surface area contributed by atoms with Crippen molar-refractivity contribution >= 4 is 6.41 Å². The minimum atomic E-state index is 0.233. The maximum atomic E-state index is 10.6. The van der Waals surface area contributed by atoms with E-state index in [1.54, 1.807) is 0 Å². The van der Waals surface area contributed by atoms with Crippen LogP contribution in [0.25, 0.3) is 0 Å². The van der Waals surface area contributed by atoms with E-state index in [9.17, 15) is 4.79 Å². The molecule has 5 aliphatic carbocycles. The van der Waals surface area contributed by atoms with E-state index in [0.717, 1.165) is 24.2 Å². The number of hydrogen-bond acceptors (Lipinski definition) is 1. The van der Waals surface area contributed by atoms with Gasteiger partial charge in [-0.3, -0.25) is 4.79 Å². The Morgan fingerprint density at radius 2 is 1.44 bits per heavy atom. The highest BCUT2D eigenvalue weighted by molar-refractivity contribution is 5.48. The number of carbonyl (C=O) groups excluding carboxylic acids is 1. The molecule has 0 spiro atoms. The summed E-state index contributed by atoms with van der Waals surface area (Å²) in [5.41, 5.74) is 0.233. The van der Waals surface area contributed by atoms with Gasteiger partial charge in [0.15, 0.2) is 0 Å². The van der Waals surface area contributed by atoms with Crippen LogP contribution >= 0.6 is 0 Å². The lowest BCUT2D eigenvalue weighted by molar-refractivity contribution is -0.114. The van der Waals surface area contributed by atoms with Crippen molar-refractivity contribution in [3.05, 3.63) is 12.2 Å². The third-order valence-corrected chi connectivity index (χ3v) is 5.31. The molecule has 1 N–H and O–H groups in total. The summed E-state index contributed by atoms with van der Waals surface area (Å²) in [7, 11) is 0.